The largest absolute Gasteiger partial charge is 0.477 e. The van der Waals surface area contributed by atoms with Crippen molar-refractivity contribution in [2.45, 2.75) is 20.4 Å². The average molecular weight is 403 g/mol. The molecule has 0 bridgehead atoms. The van der Waals surface area contributed by atoms with Crippen LogP contribution in [0.5, 0.6) is 0 Å². The summed E-state index contributed by atoms with van der Waals surface area (Å²) in [6.07, 6.45) is 1.48. The number of nitrogens with zero attached hydrogens (tertiary/aromatic N) is 2. The van der Waals surface area contributed by atoms with Gasteiger partial charge < -0.3 is 9.67 Å². The molecule has 27 heavy (non-hydrogen) atoms. The van der Waals surface area contributed by atoms with Gasteiger partial charge >= 0.3 is 5.97 Å². The molecule has 138 valence electrons. The lowest BCUT2D eigenvalue weighted by atomic mass is 9.96. The highest BCUT2D eigenvalue weighted by molar-refractivity contribution is 6.31. The highest BCUT2D eigenvalue weighted by atomic mass is 35.5. The molecule has 0 saturated heterocycles. The second kappa shape index (κ2) is 7.55. The van der Waals surface area contributed by atoms with Gasteiger partial charge in [-0.25, -0.2) is 9.78 Å². The molecule has 0 unspecified atom stereocenters. The summed E-state index contributed by atoms with van der Waals surface area (Å²) in [4.78, 5) is 29.2. The second-order valence-corrected chi connectivity index (χ2v) is 6.76. The van der Waals surface area contributed by atoms with Crippen molar-refractivity contribution in [3.8, 4) is 22.4 Å². The van der Waals surface area contributed by atoms with E-state index in [1.807, 2.05) is 6.92 Å². The number of hydrogen-bond acceptors (Lipinski definition) is 3. The maximum Gasteiger partial charge on any atom is 0.341 e. The lowest BCUT2D eigenvalue weighted by molar-refractivity contribution is 0.0695. The Morgan fingerprint density at radius 2 is 1.93 bits per heavy atom. The van der Waals surface area contributed by atoms with Crippen LogP contribution in [0.4, 0.5) is 0 Å². The molecule has 0 atom stereocenters. The molecule has 0 aliphatic carbocycles. The number of benzene rings is 1. The highest BCUT2D eigenvalue weighted by Crippen LogP contribution is 2.30. The van der Waals surface area contributed by atoms with Gasteiger partial charge in [0.2, 0.25) is 5.43 Å². The van der Waals surface area contributed by atoms with E-state index in [2.05, 4.69) is 4.98 Å². The van der Waals surface area contributed by atoms with E-state index in [0.717, 1.165) is 0 Å². The Hall–Kier alpha value is -2.63. The van der Waals surface area contributed by atoms with E-state index in [1.165, 1.54) is 6.20 Å². The van der Waals surface area contributed by atoms with Crippen molar-refractivity contribution in [3.05, 3.63) is 74.3 Å². The van der Waals surface area contributed by atoms with Crippen LogP contribution >= 0.6 is 23.2 Å². The van der Waals surface area contributed by atoms with E-state index in [0.29, 0.717) is 39.6 Å². The van der Waals surface area contributed by atoms with Crippen molar-refractivity contribution in [3.63, 3.8) is 0 Å². The molecular weight excluding hydrogens is 387 g/mol. The zero-order chi connectivity index (χ0) is 19.7. The van der Waals surface area contributed by atoms with Gasteiger partial charge in [0, 0.05) is 34.6 Å². The first-order valence-electron chi connectivity index (χ1n) is 8.23. The average Bonchev–Trinajstić information content (AvgIpc) is 2.61. The smallest absolute Gasteiger partial charge is 0.341 e. The number of carbonyl (C=O) groups is 1. The van der Waals surface area contributed by atoms with Crippen molar-refractivity contribution in [1.82, 2.24) is 9.55 Å². The van der Waals surface area contributed by atoms with E-state index in [4.69, 9.17) is 23.2 Å². The van der Waals surface area contributed by atoms with Crippen LogP contribution in [0.1, 0.15) is 23.0 Å². The number of halogens is 2. The van der Waals surface area contributed by atoms with Gasteiger partial charge in [-0.1, -0.05) is 35.3 Å². The van der Waals surface area contributed by atoms with Crippen molar-refractivity contribution >= 4 is 29.2 Å². The fraction of sp³-hybridized carbons (Fsp3) is 0.150. The third-order valence-corrected chi connectivity index (χ3v) is 4.81. The van der Waals surface area contributed by atoms with Crippen molar-refractivity contribution in [1.29, 1.82) is 0 Å². The van der Waals surface area contributed by atoms with E-state index in [1.54, 1.807) is 47.9 Å². The Balaban J connectivity index is 2.47. The standard InChI is InChI=1S/C20H16Cl2N2O3/c1-3-24-11(2)16(12-5-4-6-14(21)9-12)19(25)17(20(26)27)18(24)13-7-8-23-15(22)10-13/h4-10H,3H2,1-2H3,(H,26,27). The molecule has 1 aromatic carbocycles. The van der Waals surface area contributed by atoms with E-state index in [9.17, 15) is 14.7 Å². The molecule has 0 aliphatic heterocycles. The Bertz CT molecular complexity index is 1110. The Morgan fingerprint density at radius 3 is 2.52 bits per heavy atom. The number of hydrogen-bond donors (Lipinski definition) is 1. The predicted octanol–water partition coefficient (Wildman–Crippen LogP) is 4.91. The van der Waals surface area contributed by atoms with Gasteiger partial charge in [0.1, 0.15) is 10.7 Å². The number of carboxylic acid groups (broad SMARTS) is 1. The van der Waals surface area contributed by atoms with Crippen LogP contribution in [0.15, 0.2) is 47.4 Å². The molecule has 0 aliphatic rings. The molecule has 0 spiro atoms. The molecular formula is C20H16Cl2N2O3. The third kappa shape index (κ3) is 3.48. The monoisotopic (exact) mass is 402 g/mol. The quantitative estimate of drug-likeness (QED) is 0.629. The number of aromatic nitrogens is 2. The third-order valence-electron chi connectivity index (χ3n) is 4.37. The van der Waals surface area contributed by atoms with Crippen LogP contribution in [0.2, 0.25) is 10.2 Å². The lowest BCUT2D eigenvalue weighted by Gasteiger charge is -2.21. The number of pyridine rings is 2. The fourth-order valence-corrected chi connectivity index (χ4v) is 3.63. The summed E-state index contributed by atoms with van der Waals surface area (Å²) in [7, 11) is 0. The summed E-state index contributed by atoms with van der Waals surface area (Å²) in [5.41, 5.74) is 1.51. The van der Waals surface area contributed by atoms with Gasteiger partial charge in [0.15, 0.2) is 0 Å². The van der Waals surface area contributed by atoms with Gasteiger partial charge in [-0.05, 0) is 43.7 Å². The van der Waals surface area contributed by atoms with Crippen molar-refractivity contribution < 1.29 is 9.90 Å². The number of carboxylic acids is 1. The molecule has 0 radical (unpaired) electrons. The minimum absolute atomic E-state index is 0.218. The zero-order valence-corrected chi connectivity index (χ0v) is 16.2. The van der Waals surface area contributed by atoms with Gasteiger partial charge in [-0.15, -0.1) is 0 Å². The molecule has 3 rings (SSSR count). The number of aromatic carboxylic acids is 1. The molecule has 3 aromatic rings. The molecule has 2 heterocycles. The molecule has 0 saturated carbocycles. The molecule has 1 N–H and O–H groups in total. The first-order chi connectivity index (χ1) is 12.8. The Labute approximate surface area is 165 Å². The zero-order valence-electron chi connectivity index (χ0n) is 14.7. The van der Waals surface area contributed by atoms with Gasteiger partial charge in [-0.2, -0.15) is 0 Å². The van der Waals surface area contributed by atoms with E-state index >= 15 is 0 Å². The predicted molar refractivity (Wildman–Crippen MR) is 107 cm³/mol. The minimum Gasteiger partial charge on any atom is -0.477 e. The first kappa shape index (κ1) is 19.1. The van der Waals surface area contributed by atoms with E-state index in [-0.39, 0.29) is 10.7 Å². The van der Waals surface area contributed by atoms with Crippen LogP contribution < -0.4 is 5.43 Å². The SMILES string of the molecule is CCn1c(C)c(-c2cccc(Cl)c2)c(=O)c(C(=O)O)c1-c1ccnc(Cl)c1. The second-order valence-electron chi connectivity index (χ2n) is 5.94. The number of rotatable bonds is 4. The first-order valence-corrected chi connectivity index (χ1v) is 8.99. The summed E-state index contributed by atoms with van der Waals surface area (Å²) >= 11 is 12.1. The van der Waals surface area contributed by atoms with Crippen molar-refractivity contribution in [2.75, 3.05) is 0 Å². The summed E-state index contributed by atoms with van der Waals surface area (Å²) in [6, 6.07) is 10.0. The van der Waals surface area contributed by atoms with Crippen LogP contribution in [0.3, 0.4) is 0 Å². The van der Waals surface area contributed by atoms with Crippen LogP contribution in [-0.2, 0) is 6.54 Å². The highest BCUT2D eigenvalue weighted by Gasteiger charge is 2.25. The topological polar surface area (TPSA) is 72.2 Å². The maximum atomic E-state index is 13.2. The molecule has 7 heteroatoms. The van der Waals surface area contributed by atoms with E-state index < -0.39 is 11.4 Å². The minimum atomic E-state index is -1.30. The fourth-order valence-electron chi connectivity index (χ4n) is 3.26. The Morgan fingerprint density at radius 1 is 1.19 bits per heavy atom. The molecule has 5 nitrogen and oxygen atoms in total. The summed E-state index contributed by atoms with van der Waals surface area (Å²) in [5.74, 6) is -1.30. The summed E-state index contributed by atoms with van der Waals surface area (Å²) in [6.45, 7) is 4.14. The van der Waals surface area contributed by atoms with Crippen LogP contribution in [0, 0.1) is 6.92 Å². The normalized spacial score (nSPS) is 10.8. The van der Waals surface area contributed by atoms with Crippen LogP contribution in [0.25, 0.3) is 22.4 Å². The Kier molecular flexibility index (Phi) is 5.35. The molecule has 0 fully saturated rings. The lowest BCUT2D eigenvalue weighted by Crippen LogP contribution is -2.25. The maximum absolute atomic E-state index is 13.2. The van der Waals surface area contributed by atoms with Gasteiger partial charge in [0.25, 0.3) is 0 Å². The summed E-state index contributed by atoms with van der Waals surface area (Å²) < 4.78 is 1.80. The summed E-state index contributed by atoms with van der Waals surface area (Å²) in [5, 5.41) is 10.5. The van der Waals surface area contributed by atoms with Crippen LogP contribution in [-0.4, -0.2) is 20.6 Å². The molecule has 2 aromatic heterocycles. The van der Waals surface area contributed by atoms with Gasteiger partial charge in [0.05, 0.1) is 5.69 Å². The van der Waals surface area contributed by atoms with Gasteiger partial charge in [-0.3, -0.25) is 4.79 Å². The van der Waals surface area contributed by atoms with Crippen molar-refractivity contribution in [2.24, 2.45) is 0 Å². The molecule has 0 amide bonds.